The first kappa shape index (κ1) is 17.0. The van der Waals surface area contributed by atoms with E-state index in [2.05, 4.69) is 20.6 Å². The standard InChI is InChI=1S/C19H15N5O2S/c25-16-12-11-15(23-24(16)14-9-5-2-6-10-14)17(26)20-19-22-21-18(27-19)13-7-3-1-4-8-13/h1-10H,11-12H2,(H,20,22,26). The van der Waals surface area contributed by atoms with Gasteiger partial charge in [0, 0.05) is 18.4 Å². The fourth-order valence-corrected chi connectivity index (χ4v) is 3.37. The summed E-state index contributed by atoms with van der Waals surface area (Å²) in [5, 5.41) is 17.5. The van der Waals surface area contributed by atoms with E-state index in [4.69, 9.17) is 0 Å². The second-order valence-corrected chi connectivity index (χ2v) is 6.80. The van der Waals surface area contributed by atoms with Crippen LogP contribution in [0, 0.1) is 0 Å². The van der Waals surface area contributed by atoms with Crippen molar-refractivity contribution in [3.63, 3.8) is 0 Å². The van der Waals surface area contributed by atoms with Gasteiger partial charge in [-0.15, -0.1) is 10.2 Å². The number of anilines is 2. The van der Waals surface area contributed by atoms with Crippen LogP contribution in [0.5, 0.6) is 0 Å². The molecule has 0 fully saturated rings. The molecule has 8 heteroatoms. The maximum absolute atomic E-state index is 12.6. The van der Waals surface area contributed by atoms with Crippen LogP contribution >= 0.6 is 11.3 Å². The van der Waals surface area contributed by atoms with Crippen molar-refractivity contribution in [2.75, 3.05) is 10.3 Å². The van der Waals surface area contributed by atoms with Crippen LogP contribution in [0.4, 0.5) is 10.8 Å². The summed E-state index contributed by atoms with van der Waals surface area (Å²) >= 11 is 1.29. The zero-order valence-corrected chi connectivity index (χ0v) is 15.0. The summed E-state index contributed by atoms with van der Waals surface area (Å²) in [7, 11) is 0. The lowest BCUT2D eigenvalue weighted by Gasteiger charge is -2.22. The highest BCUT2D eigenvalue weighted by molar-refractivity contribution is 7.18. The van der Waals surface area contributed by atoms with Gasteiger partial charge in [0.2, 0.25) is 11.0 Å². The molecule has 134 valence electrons. The summed E-state index contributed by atoms with van der Waals surface area (Å²) in [6.45, 7) is 0. The van der Waals surface area contributed by atoms with E-state index in [0.717, 1.165) is 10.6 Å². The number of amides is 2. The summed E-state index contributed by atoms with van der Waals surface area (Å²) in [4.78, 5) is 24.7. The quantitative estimate of drug-likeness (QED) is 0.755. The van der Waals surface area contributed by atoms with Gasteiger partial charge in [-0.05, 0) is 12.1 Å². The lowest BCUT2D eigenvalue weighted by Crippen LogP contribution is -2.36. The number of carbonyl (C=O) groups excluding carboxylic acids is 2. The Morgan fingerprint density at radius 2 is 1.67 bits per heavy atom. The Kier molecular flexibility index (Phi) is 4.71. The Labute approximate surface area is 159 Å². The van der Waals surface area contributed by atoms with Gasteiger partial charge in [-0.25, -0.2) is 5.01 Å². The van der Waals surface area contributed by atoms with E-state index in [9.17, 15) is 9.59 Å². The maximum Gasteiger partial charge on any atom is 0.273 e. The zero-order valence-electron chi connectivity index (χ0n) is 14.2. The molecule has 1 aromatic heterocycles. The number of para-hydroxylation sites is 1. The predicted molar refractivity (Wildman–Crippen MR) is 105 cm³/mol. The van der Waals surface area contributed by atoms with Gasteiger partial charge in [-0.1, -0.05) is 59.9 Å². The number of nitrogens with zero attached hydrogens (tertiary/aromatic N) is 4. The highest BCUT2D eigenvalue weighted by Crippen LogP contribution is 2.26. The van der Waals surface area contributed by atoms with Crippen LogP contribution < -0.4 is 10.3 Å². The number of hydrogen-bond donors (Lipinski definition) is 1. The average Bonchev–Trinajstić information content (AvgIpc) is 3.18. The number of carbonyl (C=O) groups is 2. The summed E-state index contributed by atoms with van der Waals surface area (Å²) in [6.07, 6.45) is 0.519. The summed E-state index contributed by atoms with van der Waals surface area (Å²) in [5.74, 6) is -0.515. The number of nitrogens with one attached hydrogen (secondary N) is 1. The van der Waals surface area contributed by atoms with Gasteiger partial charge in [0.05, 0.1) is 5.69 Å². The Bertz CT molecular complexity index is 1000. The normalized spacial score (nSPS) is 14.0. The van der Waals surface area contributed by atoms with Crippen LogP contribution in [0.1, 0.15) is 12.8 Å². The van der Waals surface area contributed by atoms with Crippen LogP contribution in [-0.4, -0.2) is 27.7 Å². The number of rotatable bonds is 4. The number of benzene rings is 2. The lowest BCUT2D eigenvalue weighted by molar-refractivity contribution is -0.118. The molecule has 1 aliphatic rings. The fourth-order valence-electron chi connectivity index (χ4n) is 2.63. The highest BCUT2D eigenvalue weighted by atomic mass is 32.1. The van der Waals surface area contributed by atoms with Gasteiger partial charge in [-0.2, -0.15) is 5.10 Å². The first-order valence-electron chi connectivity index (χ1n) is 8.36. The van der Waals surface area contributed by atoms with Gasteiger partial charge >= 0.3 is 0 Å². The Morgan fingerprint density at radius 1 is 0.963 bits per heavy atom. The SMILES string of the molecule is O=C(Nc1nnc(-c2ccccc2)s1)C1=NN(c2ccccc2)C(=O)CC1. The van der Waals surface area contributed by atoms with Gasteiger partial charge in [0.1, 0.15) is 10.7 Å². The minimum atomic E-state index is -0.376. The van der Waals surface area contributed by atoms with Crippen molar-refractivity contribution in [2.45, 2.75) is 12.8 Å². The topological polar surface area (TPSA) is 87.6 Å². The van der Waals surface area contributed by atoms with E-state index >= 15 is 0 Å². The first-order chi connectivity index (χ1) is 13.2. The molecule has 2 heterocycles. The minimum absolute atomic E-state index is 0.139. The van der Waals surface area contributed by atoms with Crippen molar-refractivity contribution in [2.24, 2.45) is 5.10 Å². The molecule has 1 aliphatic heterocycles. The summed E-state index contributed by atoms with van der Waals surface area (Å²) in [6, 6.07) is 18.7. The Hall–Kier alpha value is -3.39. The van der Waals surface area contributed by atoms with Gasteiger partial charge in [0.15, 0.2) is 0 Å². The second kappa shape index (κ2) is 7.46. The molecule has 0 saturated carbocycles. The summed E-state index contributed by atoms with van der Waals surface area (Å²) in [5.41, 5.74) is 1.86. The molecule has 2 amide bonds. The van der Waals surface area contributed by atoms with Crippen LogP contribution in [0.15, 0.2) is 65.8 Å². The molecule has 0 spiro atoms. The van der Waals surface area contributed by atoms with E-state index in [1.807, 2.05) is 48.5 Å². The number of aromatic nitrogens is 2. The van der Waals surface area contributed by atoms with Crippen LogP contribution in [0.3, 0.4) is 0 Å². The van der Waals surface area contributed by atoms with E-state index in [1.54, 1.807) is 12.1 Å². The molecule has 0 atom stereocenters. The third-order valence-corrected chi connectivity index (χ3v) is 4.85. The molecule has 3 aromatic rings. The molecule has 0 radical (unpaired) electrons. The maximum atomic E-state index is 12.6. The molecule has 1 N–H and O–H groups in total. The van der Waals surface area contributed by atoms with Crippen molar-refractivity contribution in [1.82, 2.24) is 10.2 Å². The van der Waals surface area contributed by atoms with Gasteiger partial charge < -0.3 is 0 Å². The van der Waals surface area contributed by atoms with Crippen molar-refractivity contribution < 1.29 is 9.59 Å². The number of hydrogen-bond acceptors (Lipinski definition) is 6. The third-order valence-electron chi connectivity index (χ3n) is 3.96. The molecule has 27 heavy (non-hydrogen) atoms. The lowest BCUT2D eigenvalue weighted by atomic mass is 10.1. The van der Waals surface area contributed by atoms with Crippen molar-refractivity contribution in [3.8, 4) is 10.6 Å². The van der Waals surface area contributed by atoms with Crippen LogP contribution in [0.25, 0.3) is 10.6 Å². The van der Waals surface area contributed by atoms with E-state index < -0.39 is 0 Å². The van der Waals surface area contributed by atoms with Crippen molar-refractivity contribution >= 4 is 39.7 Å². The third kappa shape index (κ3) is 3.75. The molecule has 7 nitrogen and oxygen atoms in total. The second-order valence-electron chi connectivity index (χ2n) is 5.82. The van der Waals surface area contributed by atoms with E-state index in [1.165, 1.54) is 16.3 Å². The Balaban J connectivity index is 1.51. The fraction of sp³-hybridized carbons (Fsp3) is 0.105. The molecular weight excluding hydrogens is 362 g/mol. The largest absolute Gasteiger partial charge is 0.295 e. The monoisotopic (exact) mass is 377 g/mol. The summed E-state index contributed by atoms with van der Waals surface area (Å²) < 4.78 is 0. The zero-order chi connectivity index (χ0) is 18.6. The molecule has 0 aliphatic carbocycles. The first-order valence-corrected chi connectivity index (χ1v) is 9.18. The van der Waals surface area contributed by atoms with E-state index in [0.29, 0.717) is 17.2 Å². The predicted octanol–water partition coefficient (Wildman–Crippen LogP) is 3.33. The highest BCUT2D eigenvalue weighted by Gasteiger charge is 2.26. The van der Waals surface area contributed by atoms with E-state index in [-0.39, 0.29) is 23.9 Å². The van der Waals surface area contributed by atoms with Crippen molar-refractivity contribution in [1.29, 1.82) is 0 Å². The minimum Gasteiger partial charge on any atom is -0.295 e. The number of hydrazone groups is 1. The van der Waals surface area contributed by atoms with Gasteiger partial charge in [0.25, 0.3) is 5.91 Å². The van der Waals surface area contributed by atoms with Crippen LogP contribution in [0.2, 0.25) is 0 Å². The van der Waals surface area contributed by atoms with Crippen LogP contribution in [-0.2, 0) is 9.59 Å². The van der Waals surface area contributed by atoms with Crippen molar-refractivity contribution in [3.05, 3.63) is 60.7 Å². The molecular formula is C19H15N5O2S. The molecule has 4 rings (SSSR count). The molecule has 0 unspecified atom stereocenters. The average molecular weight is 377 g/mol. The Morgan fingerprint density at radius 3 is 2.41 bits per heavy atom. The van der Waals surface area contributed by atoms with Gasteiger partial charge in [-0.3, -0.25) is 14.9 Å². The smallest absolute Gasteiger partial charge is 0.273 e. The molecule has 2 aromatic carbocycles. The molecule has 0 saturated heterocycles. The molecule has 0 bridgehead atoms.